The molecule has 88 valence electrons. The first-order chi connectivity index (χ1) is 8.04. The molecule has 0 amide bonds. The van der Waals surface area contributed by atoms with Gasteiger partial charge in [-0.25, -0.2) is 4.79 Å². The van der Waals surface area contributed by atoms with Crippen LogP contribution in [0.5, 0.6) is 5.75 Å². The Morgan fingerprint density at radius 2 is 2.29 bits per heavy atom. The zero-order chi connectivity index (χ0) is 12.8. The summed E-state index contributed by atoms with van der Waals surface area (Å²) >= 11 is 0. The summed E-state index contributed by atoms with van der Waals surface area (Å²) in [5.74, 6) is 3.45. The van der Waals surface area contributed by atoms with Crippen molar-refractivity contribution in [3.63, 3.8) is 0 Å². The van der Waals surface area contributed by atoms with Crippen LogP contribution in [0.2, 0.25) is 0 Å². The van der Waals surface area contributed by atoms with Crippen molar-refractivity contribution in [1.82, 2.24) is 0 Å². The summed E-state index contributed by atoms with van der Waals surface area (Å²) in [6, 6.07) is 3.48. The van der Waals surface area contributed by atoms with Crippen molar-refractivity contribution in [2.75, 3.05) is 6.61 Å². The minimum atomic E-state index is -0.755. The monoisotopic (exact) mass is 235 g/mol. The van der Waals surface area contributed by atoms with Gasteiger partial charge in [0, 0.05) is 5.92 Å². The van der Waals surface area contributed by atoms with Crippen LogP contribution in [-0.4, -0.2) is 22.6 Å². The molecule has 17 heavy (non-hydrogen) atoms. The number of ether oxygens (including phenoxy) is 1. The third kappa shape index (κ3) is 3.50. The molecule has 0 bridgehead atoms. The van der Waals surface area contributed by atoms with E-state index in [4.69, 9.17) is 5.11 Å². The summed E-state index contributed by atoms with van der Waals surface area (Å²) in [6.45, 7) is 1.81. The Balaban J connectivity index is 3.06. The lowest BCUT2D eigenvalue weighted by Gasteiger charge is -1.96. The van der Waals surface area contributed by atoms with Gasteiger partial charge >= 0.3 is 5.97 Å². The number of hydrogen-bond acceptors (Lipinski definition) is 5. The quantitative estimate of drug-likeness (QED) is 0.360. The number of nitro groups is 1. The molecular formula is C11H9NO5. The second kappa shape index (κ2) is 5.51. The van der Waals surface area contributed by atoms with E-state index in [2.05, 4.69) is 16.6 Å². The largest absolute Gasteiger partial charge is 0.508 e. The second-order valence-electron chi connectivity index (χ2n) is 2.93. The molecular weight excluding hydrogens is 226 g/mol. The smallest absolute Gasteiger partial charge is 0.384 e. The first-order valence-electron chi connectivity index (χ1n) is 4.70. The van der Waals surface area contributed by atoms with Gasteiger partial charge in [0.2, 0.25) is 0 Å². The lowest BCUT2D eigenvalue weighted by molar-refractivity contribution is -0.385. The Bertz CT molecular complexity index is 512. The van der Waals surface area contributed by atoms with Gasteiger partial charge in [-0.05, 0) is 25.0 Å². The Hall–Kier alpha value is -2.55. The average Bonchev–Trinajstić information content (AvgIpc) is 2.27. The standard InChI is InChI=1S/C11H9NO5/c1-2-17-11(14)6-4-8-3-5-9(13)7-10(8)12(15)16/h3,5,7,13H,2H2,1H3. The van der Waals surface area contributed by atoms with Crippen LogP contribution in [0.25, 0.3) is 0 Å². The molecule has 0 spiro atoms. The molecule has 1 aromatic rings. The van der Waals surface area contributed by atoms with Crippen LogP contribution in [0, 0.1) is 22.0 Å². The summed E-state index contributed by atoms with van der Waals surface area (Å²) in [5.41, 5.74) is -0.317. The lowest BCUT2D eigenvalue weighted by atomic mass is 10.2. The zero-order valence-electron chi connectivity index (χ0n) is 8.97. The minimum Gasteiger partial charge on any atom is -0.508 e. The molecule has 6 heteroatoms. The number of rotatable bonds is 2. The van der Waals surface area contributed by atoms with Gasteiger partial charge in [0.25, 0.3) is 5.69 Å². The van der Waals surface area contributed by atoms with Gasteiger partial charge in [0.1, 0.15) is 11.3 Å². The number of benzene rings is 1. The topological polar surface area (TPSA) is 89.7 Å². The third-order valence-corrected chi connectivity index (χ3v) is 1.75. The maximum Gasteiger partial charge on any atom is 0.384 e. The van der Waals surface area contributed by atoms with E-state index in [1.807, 2.05) is 0 Å². The van der Waals surface area contributed by atoms with Crippen molar-refractivity contribution in [1.29, 1.82) is 0 Å². The minimum absolute atomic E-state index is 0.0425. The van der Waals surface area contributed by atoms with E-state index >= 15 is 0 Å². The first kappa shape index (κ1) is 12.5. The Kier molecular flexibility index (Phi) is 4.06. The van der Waals surface area contributed by atoms with E-state index in [1.54, 1.807) is 6.92 Å². The van der Waals surface area contributed by atoms with Gasteiger partial charge in [-0.2, -0.15) is 0 Å². The average molecular weight is 235 g/mol. The second-order valence-corrected chi connectivity index (χ2v) is 2.93. The van der Waals surface area contributed by atoms with Crippen LogP contribution < -0.4 is 0 Å². The zero-order valence-corrected chi connectivity index (χ0v) is 8.97. The predicted octanol–water partition coefficient (Wildman–Crippen LogP) is 1.22. The maximum absolute atomic E-state index is 10.9. The van der Waals surface area contributed by atoms with E-state index < -0.39 is 10.9 Å². The van der Waals surface area contributed by atoms with Crippen LogP contribution in [0.1, 0.15) is 12.5 Å². The molecule has 1 rings (SSSR count). The molecule has 0 atom stereocenters. The number of esters is 1. The van der Waals surface area contributed by atoms with Gasteiger partial charge in [-0.3, -0.25) is 10.1 Å². The van der Waals surface area contributed by atoms with E-state index in [1.165, 1.54) is 12.1 Å². The van der Waals surface area contributed by atoms with E-state index in [-0.39, 0.29) is 23.6 Å². The fourth-order valence-corrected chi connectivity index (χ4v) is 1.06. The molecule has 0 unspecified atom stereocenters. The van der Waals surface area contributed by atoms with Gasteiger partial charge in [0.15, 0.2) is 0 Å². The Labute approximate surface area is 97.0 Å². The highest BCUT2D eigenvalue weighted by molar-refractivity contribution is 5.89. The van der Waals surface area contributed by atoms with Gasteiger partial charge in [-0.15, -0.1) is 0 Å². The lowest BCUT2D eigenvalue weighted by Crippen LogP contribution is -2.00. The number of carbonyl (C=O) groups is 1. The summed E-state index contributed by atoms with van der Waals surface area (Å²) in [4.78, 5) is 20.9. The van der Waals surface area contributed by atoms with E-state index in [9.17, 15) is 14.9 Å². The fraction of sp³-hybridized carbons (Fsp3) is 0.182. The molecule has 0 heterocycles. The molecule has 6 nitrogen and oxygen atoms in total. The number of carbonyl (C=O) groups excluding carboxylic acids is 1. The SMILES string of the molecule is CCOC(=O)C#Cc1ccc(O)cc1[N+](=O)[O-]. The van der Waals surface area contributed by atoms with Gasteiger partial charge in [0.05, 0.1) is 17.6 Å². The molecule has 0 fully saturated rings. The van der Waals surface area contributed by atoms with Crippen LogP contribution in [-0.2, 0) is 9.53 Å². The summed E-state index contributed by atoms with van der Waals surface area (Å²) < 4.78 is 4.56. The number of nitro benzene ring substituents is 1. The van der Waals surface area contributed by atoms with Crippen molar-refractivity contribution in [3.05, 3.63) is 33.9 Å². The normalized spacial score (nSPS) is 9.00. The van der Waals surface area contributed by atoms with Crippen molar-refractivity contribution in [3.8, 4) is 17.6 Å². The molecule has 0 aliphatic rings. The highest BCUT2D eigenvalue weighted by atomic mass is 16.6. The molecule has 1 aromatic carbocycles. The molecule has 0 saturated heterocycles. The van der Waals surface area contributed by atoms with Crippen molar-refractivity contribution in [2.24, 2.45) is 0 Å². The number of phenols is 1. The number of phenolic OH excluding ortho intramolecular Hbond substituents is 1. The molecule has 0 saturated carbocycles. The van der Waals surface area contributed by atoms with Gasteiger partial charge < -0.3 is 9.84 Å². The van der Waals surface area contributed by atoms with Crippen molar-refractivity contribution < 1.29 is 19.6 Å². The Morgan fingerprint density at radius 3 is 2.88 bits per heavy atom. The highest BCUT2D eigenvalue weighted by Gasteiger charge is 2.12. The first-order valence-corrected chi connectivity index (χ1v) is 4.70. The van der Waals surface area contributed by atoms with Crippen molar-refractivity contribution >= 4 is 11.7 Å². The summed E-state index contributed by atoms with van der Waals surface area (Å²) in [6.07, 6.45) is 0. The van der Waals surface area contributed by atoms with Crippen LogP contribution in [0.3, 0.4) is 0 Å². The number of nitrogens with zero attached hydrogens (tertiary/aromatic N) is 1. The Morgan fingerprint density at radius 1 is 1.59 bits per heavy atom. The van der Waals surface area contributed by atoms with Crippen molar-refractivity contribution in [2.45, 2.75) is 6.92 Å². The maximum atomic E-state index is 10.9. The molecule has 0 radical (unpaired) electrons. The van der Waals surface area contributed by atoms with Gasteiger partial charge in [-0.1, -0.05) is 0 Å². The summed E-state index contributed by atoms with van der Waals surface area (Å²) in [7, 11) is 0. The van der Waals surface area contributed by atoms with E-state index in [0.29, 0.717) is 0 Å². The molecule has 0 aliphatic carbocycles. The number of aromatic hydroxyl groups is 1. The molecule has 1 N–H and O–H groups in total. The fourth-order valence-electron chi connectivity index (χ4n) is 1.06. The van der Waals surface area contributed by atoms with Crippen LogP contribution in [0.4, 0.5) is 5.69 Å². The third-order valence-electron chi connectivity index (χ3n) is 1.75. The van der Waals surface area contributed by atoms with Crippen LogP contribution >= 0.6 is 0 Å². The molecule has 0 aromatic heterocycles. The van der Waals surface area contributed by atoms with E-state index in [0.717, 1.165) is 6.07 Å². The predicted molar refractivity (Wildman–Crippen MR) is 58.3 cm³/mol. The highest BCUT2D eigenvalue weighted by Crippen LogP contribution is 2.22. The molecule has 0 aliphatic heterocycles. The summed E-state index contributed by atoms with van der Waals surface area (Å²) in [5, 5.41) is 19.8. The van der Waals surface area contributed by atoms with Crippen LogP contribution in [0.15, 0.2) is 18.2 Å². The number of hydrogen-bond donors (Lipinski definition) is 1.